The molecule has 2 N–H and O–H groups in total. The number of nitro benzene ring substituents is 1. The van der Waals surface area contributed by atoms with E-state index >= 15 is 0 Å². The van der Waals surface area contributed by atoms with E-state index in [1.807, 2.05) is 25.1 Å². The highest BCUT2D eigenvalue weighted by Crippen LogP contribution is 2.24. The highest BCUT2D eigenvalue weighted by Gasteiger charge is 2.11. The third kappa shape index (κ3) is 5.06. The normalized spacial score (nSPS) is 10.2. The minimum absolute atomic E-state index is 0.0329. The number of anilines is 2. The molecule has 0 saturated heterocycles. The molecule has 24 heavy (non-hydrogen) atoms. The van der Waals surface area contributed by atoms with Gasteiger partial charge in [0.2, 0.25) is 5.91 Å². The number of nitrogens with zero attached hydrogens (tertiary/aromatic N) is 1. The van der Waals surface area contributed by atoms with Crippen molar-refractivity contribution in [3.8, 4) is 0 Å². The van der Waals surface area contributed by atoms with Crippen LogP contribution in [0.15, 0.2) is 46.9 Å². The molecule has 7 heteroatoms. The molecular formula is C17H18BrN3O3. The van der Waals surface area contributed by atoms with E-state index < -0.39 is 4.92 Å². The number of hydrogen-bond donors (Lipinski definition) is 2. The molecule has 2 aromatic carbocycles. The first-order valence-electron chi connectivity index (χ1n) is 7.50. The number of benzene rings is 2. The largest absolute Gasteiger partial charge is 0.379 e. The first kappa shape index (κ1) is 17.9. The summed E-state index contributed by atoms with van der Waals surface area (Å²) in [5, 5.41) is 16.8. The Kier molecular flexibility index (Phi) is 6.31. The molecule has 2 rings (SSSR count). The Morgan fingerprint density at radius 1 is 1.21 bits per heavy atom. The summed E-state index contributed by atoms with van der Waals surface area (Å²) < 4.78 is 0.842. The van der Waals surface area contributed by atoms with Crippen LogP contribution in [0.5, 0.6) is 0 Å². The average Bonchev–Trinajstić information content (AvgIpc) is 2.54. The second-order valence-electron chi connectivity index (χ2n) is 5.34. The zero-order valence-electron chi connectivity index (χ0n) is 13.2. The molecule has 0 heterocycles. The second-order valence-corrected chi connectivity index (χ2v) is 6.19. The Labute approximate surface area is 148 Å². The summed E-state index contributed by atoms with van der Waals surface area (Å²) in [6.45, 7) is 2.46. The van der Waals surface area contributed by atoms with Crippen LogP contribution < -0.4 is 10.6 Å². The molecule has 0 aliphatic heterocycles. The first-order chi connectivity index (χ1) is 11.5. The summed E-state index contributed by atoms with van der Waals surface area (Å²) in [5.74, 6) is -0.0936. The number of rotatable bonds is 7. The summed E-state index contributed by atoms with van der Waals surface area (Å²) in [6.07, 6.45) is 0.898. The average molecular weight is 392 g/mol. The predicted molar refractivity (Wildman–Crippen MR) is 98.3 cm³/mol. The van der Waals surface area contributed by atoms with Crippen molar-refractivity contribution >= 4 is 38.9 Å². The molecule has 0 unspecified atom stereocenters. The fourth-order valence-electron chi connectivity index (χ4n) is 2.19. The van der Waals surface area contributed by atoms with Crippen molar-refractivity contribution < 1.29 is 9.72 Å². The molecule has 0 spiro atoms. The van der Waals surface area contributed by atoms with Gasteiger partial charge in [-0.25, -0.2) is 0 Å². The fraction of sp³-hybridized carbons (Fsp3) is 0.235. The molecule has 126 valence electrons. The smallest absolute Gasteiger partial charge is 0.292 e. The SMILES string of the molecule is Cc1ccc(NC(=O)CCCNc2ccccc2[N+](=O)[O-])c(Br)c1. The Morgan fingerprint density at radius 3 is 2.67 bits per heavy atom. The fourth-order valence-corrected chi connectivity index (χ4v) is 2.78. The van der Waals surface area contributed by atoms with Crippen LogP contribution in [0.2, 0.25) is 0 Å². The van der Waals surface area contributed by atoms with Gasteiger partial charge in [-0.2, -0.15) is 0 Å². The van der Waals surface area contributed by atoms with E-state index in [1.54, 1.807) is 18.2 Å². The minimum atomic E-state index is -0.427. The van der Waals surface area contributed by atoms with Gasteiger partial charge in [0, 0.05) is 23.5 Å². The van der Waals surface area contributed by atoms with Crippen LogP contribution >= 0.6 is 15.9 Å². The molecule has 2 aromatic rings. The molecule has 0 aliphatic carbocycles. The molecule has 1 amide bonds. The lowest BCUT2D eigenvalue weighted by atomic mass is 10.2. The van der Waals surface area contributed by atoms with Gasteiger partial charge in [0.25, 0.3) is 5.69 Å². The monoisotopic (exact) mass is 391 g/mol. The standard InChI is InChI=1S/C17H18BrN3O3/c1-12-8-9-14(13(18)11-12)20-17(22)7-4-10-19-15-5-2-3-6-16(15)21(23)24/h2-3,5-6,8-9,11,19H,4,7,10H2,1H3,(H,20,22). The van der Waals surface area contributed by atoms with E-state index in [1.165, 1.54) is 6.07 Å². The van der Waals surface area contributed by atoms with Gasteiger partial charge in [0.15, 0.2) is 0 Å². The van der Waals surface area contributed by atoms with E-state index in [-0.39, 0.29) is 11.6 Å². The zero-order valence-corrected chi connectivity index (χ0v) is 14.8. The first-order valence-corrected chi connectivity index (χ1v) is 8.30. The molecule has 0 radical (unpaired) electrons. The molecule has 0 saturated carbocycles. The van der Waals surface area contributed by atoms with E-state index in [4.69, 9.17) is 0 Å². The van der Waals surface area contributed by atoms with Crippen LogP contribution in [-0.4, -0.2) is 17.4 Å². The van der Waals surface area contributed by atoms with Crippen LogP contribution in [-0.2, 0) is 4.79 Å². The Hall–Kier alpha value is -2.41. The number of aryl methyl sites for hydroxylation is 1. The molecule has 0 aromatic heterocycles. The lowest BCUT2D eigenvalue weighted by molar-refractivity contribution is -0.384. The summed E-state index contributed by atoms with van der Waals surface area (Å²) in [5.41, 5.74) is 2.33. The third-order valence-electron chi connectivity index (χ3n) is 3.40. The van der Waals surface area contributed by atoms with Gasteiger partial charge in [-0.15, -0.1) is 0 Å². The van der Waals surface area contributed by atoms with E-state index in [2.05, 4.69) is 26.6 Å². The number of para-hydroxylation sites is 2. The number of nitrogens with one attached hydrogen (secondary N) is 2. The van der Waals surface area contributed by atoms with Crippen LogP contribution in [0.25, 0.3) is 0 Å². The molecule has 0 bridgehead atoms. The molecular weight excluding hydrogens is 374 g/mol. The zero-order chi connectivity index (χ0) is 17.5. The van der Waals surface area contributed by atoms with Crippen LogP contribution in [0, 0.1) is 17.0 Å². The lowest BCUT2D eigenvalue weighted by Crippen LogP contribution is -2.14. The van der Waals surface area contributed by atoms with E-state index in [0.717, 1.165) is 15.7 Å². The number of carbonyl (C=O) groups excluding carboxylic acids is 1. The quantitative estimate of drug-likeness (QED) is 0.413. The summed E-state index contributed by atoms with van der Waals surface area (Å²) in [6, 6.07) is 12.2. The maximum atomic E-state index is 12.0. The maximum Gasteiger partial charge on any atom is 0.292 e. The van der Waals surface area contributed by atoms with Crippen LogP contribution in [0.4, 0.5) is 17.1 Å². The molecule has 0 aliphatic rings. The maximum absolute atomic E-state index is 12.0. The number of carbonyl (C=O) groups is 1. The number of amides is 1. The van der Waals surface area contributed by atoms with Crippen LogP contribution in [0.3, 0.4) is 0 Å². The number of halogens is 1. The molecule has 0 fully saturated rings. The van der Waals surface area contributed by atoms with Gasteiger partial charge in [-0.1, -0.05) is 18.2 Å². The van der Waals surface area contributed by atoms with Gasteiger partial charge in [-0.3, -0.25) is 14.9 Å². The Bertz CT molecular complexity index is 750. The van der Waals surface area contributed by atoms with Crippen molar-refractivity contribution in [2.24, 2.45) is 0 Å². The van der Waals surface area contributed by atoms with Crippen molar-refractivity contribution in [1.82, 2.24) is 0 Å². The highest BCUT2D eigenvalue weighted by atomic mass is 79.9. The van der Waals surface area contributed by atoms with Gasteiger partial charge >= 0.3 is 0 Å². The van der Waals surface area contributed by atoms with Crippen molar-refractivity contribution in [1.29, 1.82) is 0 Å². The van der Waals surface area contributed by atoms with E-state index in [9.17, 15) is 14.9 Å². The van der Waals surface area contributed by atoms with Gasteiger partial charge in [0.1, 0.15) is 5.69 Å². The summed E-state index contributed by atoms with van der Waals surface area (Å²) >= 11 is 3.42. The Morgan fingerprint density at radius 2 is 1.96 bits per heavy atom. The molecule has 6 nitrogen and oxygen atoms in total. The minimum Gasteiger partial charge on any atom is -0.379 e. The van der Waals surface area contributed by atoms with Crippen molar-refractivity contribution in [3.63, 3.8) is 0 Å². The molecule has 0 atom stereocenters. The summed E-state index contributed by atoms with van der Waals surface area (Å²) in [7, 11) is 0. The van der Waals surface area contributed by atoms with Gasteiger partial charge in [0.05, 0.1) is 10.6 Å². The Balaban J connectivity index is 1.80. The summed E-state index contributed by atoms with van der Waals surface area (Å²) in [4.78, 5) is 22.5. The van der Waals surface area contributed by atoms with Gasteiger partial charge < -0.3 is 10.6 Å². The number of hydrogen-bond acceptors (Lipinski definition) is 4. The third-order valence-corrected chi connectivity index (χ3v) is 4.05. The van der Waals surface area contributed by atoms with Crippen LogP contribution in [0.1, 0.15) is 18.4 Å². The predicted octanol–water partition coefficient (Wildman–Crippen LogP) is 4.50. The second kappa shape index (κ2) is 8.44. The van der Waals surface area contributed by atoms with Crippen molar-refractivity contribution in [3.05, 3.63) is 62.6 Å². The topological polar surface area (TPSA) is 84.3 Å². The lowest BCUT2D eigenvalue weighted by Gasteiger charge is -2.09. The number of nitro groups is 1. The highest BCUT2D eigenvalue weighted by molar-refractivity contribution is 9.10. The van der Waals surface area contributed by atoms with Crippen molar-refractivity contribution in [2.45, 2.75) is 19.8 Å². The van der Waals surface area contributed by atoms with E-state index in [0.29, 0.717) is 25.1 Å². The van der Waals surface area contributed by atoms with Gasteiger partial charge in [-0.05, 0) is 53.0 Å². The van der Waals surface area contributed by atoms with Crippen molar-refractivity contribution in [2.75, 3.05) is 17.2 Å².